The topological polar surface area (TPSA) is 80.2 Å². The number of para-hydroxylation sites is 1. The van der Waals surface area contributed by atoms with Crippen LogP contribution in [0.15, 0.2) is 40.8 Å². The fourth-order valence-electron chi connectivity index (χ4n) is 3.07. The van der Waals surface area contributed by atoms with Crippen LogP contribution in [0, 0.1) is 6.92 Å². The van der Waals surface area contributed by atoms with Crippen molar-refractivity contribution in [2.24, 2.45) is 5.73 Å². The highest BCUT2D eigenvalue weighted by atomic mass is 16.4. The molecule has 124 valence electrons. The number of hydrogen-bond donors (Lipinski definition) is 2. The van der Waals surface area contributed by atoms with Gasteiger partial charge in [-0.15, -0.1) is 0 Å². The maximum Gasteiger partial charge on any atom is 0.296 e. The number of nitrogens with two attached hydrogens (primary N) is 1. The van der Waals surface area contributed by atoms with E-state index in [-0.39, 0.29) is 6.04 Å². The third-order valence-electron chi connectivity index (χ3n) is 4.37. The lowest BCUT2D eigenvalue weighted by molar-refractivity contribution is 0.611. The summed E-state index contributed by atoms with van der Waals surface area (Å²) in [5.74, 6) is 0.982. The number of oxazole rings is 1. The molecule has 6 heteroatoms. The first-order chi connectivity index (χ1) is 11.7. The van der Waals surface area contributed by atoms with Gasteiger partial charge in [0.15, 0.2) is 5.58 Å². The largest absolute Gasteiger partial charge is 0.423 e. The molecular formula is C18H21N5O. The summed E-state index contributed by atoms with van der Waals surface area (Å²) in [6.45, 7) is 4.42. The number of aromatic nitrogens is 2. The number of hydrogen-bond acceptors (Lipinski definition) is 6. The molecule has 1 fully saturated rings. The fraction of sp³-hybridized carbons (Fsp3) is 0.333. The summed E-state index contributed by atoms with van der Waals surface area (Å²) >= 11 is 0. The minimum absolute atomic E-state index is 0.247. The SMILES string of the molecule is Cc1cccc2nc(NCc3cccc(N4CCC(N)C4)n3)oc12. The van der Waals surface area contributed by atoms with E-state index in [1.54, 1.807) is 0 Å². The van der Waals surface area contributed by atoms with Crippen molar-refractivity contribution >= 4 is 22.9 Å². The van der Waals surface area contributed by atoms with Crippen LogP contribution in [0.4, 0.5) is 11.8 Å². The Labute approximate surface area is 140 Å². The van der Waals surface area contributed by atoms with Crippen molar-refractivity contribution in [3.05, 3.63) is 47.7 Å². The highest BCUT2D eigenvalue weighted by Gasteiger charge is 2.20. The van der Waals surface area contributed by atoms with Gasteiger partial charge in [0, 0.05) is 19.1 Å². The van der Waals surface area contributed by atoms with Gasteiger partial charge in [0.2, 0.25) is 0 Å². The summed E-state index contributed by atoms with van der Waals surface area (Å²) in [7, 11) is 0. The van der Waals surface area contributed by atoms with Crippen LogP contribution in [0.3, 0.4) is 0 Å². The van der Waals surface area contributed by atoms with E-state index in [0.29, 0.717) is 12.6 Å². The first-order valence-electron chi connectivity index (χ1n) is 8.25. The van der Waals surface area contributed by atoms with Gasteiger partial charge in [-0.05, 0) is 37.1 Å². The van der Waals surface area contributed by atoms with Crippen LogP contribution in [0.25, 0.3) is 11.1 Å². The molecule has 4 rings (SSSR count). The standard InChI is InChI=1S/C18H21N5O/c1-12-4-2-6-15-17(12)24-18(22-15)20-10-14-5-3-7-16(21-14)23-9-8-13(19)11-23/h2-7,13H,8-11,19H2,1H3,(H,20,22). The Kier molecular flexibility index (Phi) is 3.82. The molecule has 3 aromatic rings. The zero-order chi connectivity index (χ0) is 16.5. The number of anilines is 2. The molecule has 2 aromatic heterocycles. The molecule has 1 atom stereocenters. The highest BCUT2D eigenvalue weighted by molar-refractivity contribution is 5.77. The number of rotatable bonds is 4. The third-order valence-corrected chi connectivity index (χ3v) is 4.37. The van der Waals surface area contributed by atoms with E-state index in [2.05, 4.69) is 15.2 Å². The van der Waals surface area contributed by atoms with E-state index < -0.39 is 0 Å². The molecule has 0 aliphatic carbocycles. The van der Waals surface area contributed by atoms with Gasteiger partial charge in [-0.3, -0.25) is 0 Å². The Hall–Kier alpha value is -2.60. The Bertz CT molecular complexity index is 859. The Morgan fingerprint density at radius 2 is 2.12 bits per heavy atom. The quantitative estimate of drug-likeness (QED) is 0.768. The summed E-state index contributed by atoms with van der Waals surface area (Å²) in [6, 6.07) is 12.8. The first-order valence-corrected chi connectivity index (χ1v) is 8.25. The van der Waals surface area contributed by atoms with Crippen LogP contribution in [0.1, 0.15) is 17.7 Å². The molecule has 0 saturated carbocycles. The van der Waals surface area contributed by atoms with Gasteiger partial charge >= 0.3 is 0 Å². The predicted molar refractivity (Wildman–Crippen MR) is 95.1 cm³/mol. The number of aryl methyl sites for hydroxylation is 1. The first kappa shape index (κ1) is 15.0. The zero-order valence-electron chi connectivity index (χ0n) is 13.7. The molecule has 1 aliphatic heterocycles. The van der Waals surface area contributed by atoms with Crippen LogP contribution >= 0.6 is 0 Å². The fourth-order valence-corrected chi connectivity index (χ4v) is 3.07. The number of fused-ring (bicyclic) bond motifs is 1. The second kappa shape index (κ2) is 6.13. The number of nitrogens with zero attached hydrogens (tertiary/aromatic N) is 3. The number of nitrogens with one attached hydrogen (secondary N) is 1. The zero-order valence-corrected chi connectivity index (χ0v) is 13.7. The second-order valence-corrected chi connectivity index (χ2v) is 6.28. The molecule has 0 radical (unpaired) electrons. The summed E-state index contributed by atoms with van der Waals surface area (Å²) in [4.78, 5) is 11.4. The minimum Gasteiger partial charge on any atom is -0.423 e. The van der Waals surface area contributed by atoms with Crippen LogP contribution in [0.5, 0.6) is 0 Å². The number of pyridine rings is 1. The average molecular weight is 323 g/mol. The Morgan fingerprint density at radius 3 is 2.92 bits per heavy atom. The molecular weight excluding hydrogens is 302 g/mol. The monoisotopic (exact) mass is 323 g/mol. The molecule has 0 bridgehead atoms. The predicted octanol–water partition coefficient (Wildman–Crippen LogP) is 2.68. The smallest absolute Gasteiger partial charge is 0.296 e. The van der Waals surface area contributed by atoms with Crippen molar-refractivity contribution < 1.29 is 4.42 Å². The second-order valence-electron chi connectivity index (χ2n) is 6.28. The minimum atomic E-state index is 0.247. The molecule has 1 aliphatic rings. The normalized spacial score (nSPS) is 17.6. The van der Waals surface area contributed by atoms with Gasteiger partial charge < -0.3 is 20.4 Å². The highest BCUT2D eigenvalue weighted by Crippen LogP contribution is 2.22. The van der Waals surface area contributed by atoms with Gasteiger partial charge in [0.25, 0.3) is 6.01 Å². The summed E-state index contributed by atoms with van der Waals surface area (Å²) in [5.41, 5.74) is 9.71. The summed E-state index contributed by atoms with van der Waals surface area (Å²) in [5, 5.41) is 3.22. The third kappa shape index (κ3) is 2.92. The van der Waals surface area contributed by atoms with E-state index in [1.165, 1.54) is 0 Å². The van der Waals surface area contributed by atoms with Gasteiger partial charge in [0.1, 0.15) is 11.3 Å². The molecule has 1 saturated heterocycles. The Morgan fingerprint density at radius 1 is 1.25 bits per heavy atom. The molecule has 0 amide bonds. The van der Waals surface area contributed by atoms with Crippen LogP contribution in [-0.2, 0) is 6.54 Å². The summed E-state index contributed by atoms with van der Waals surface area (Å²) < 4.78 is 5.79. The van der Waals surface area contributed by atoms with Gasteiger partial charge in [-0.2, -0.15) is 4.98 Å². The maximum absolute atomic E-state index is 5.98. The molecule has 24 heavy (non-hydrogen) atoms. The van der Waals surface area contributed by atoms with Crippen molar-refractivity contribution in [3.8, 4) is 0 Å². The van der Waals surface area contributed by atoms with E-state index in [0.717, 1.165) is 47.7 Å². The Balaban J connectivity index is 1.48. The average Bonchev–Trinajstić information content (AvgIpc) is 3.20. The van der Waals surface area contributed by atoms with E-state index >= 15 is 0 Å². The van der Waals surface area contributed by atoms with E-state index in [1.807, 2.05) is 43.3 Å². The molecule has 3 heterocycles. The van der Waals surface area contributed by atoms with Crippen molar-refractivity contribution in [2.75, 3.05) is 23.3 Å². The van der Waals surface area contributed by atoms with Gasteiger partial charge in [-0.25, -0.2) is 4.98 Å². The molecule has 1 aromatic carbocycles. The van der Waals surface area contributed by atoms with Crippen molar-refractivity contribution in [1.29, 1.82) is 0 Å². The lowest BCUT2D eigenvalue weighted by Gasteiger charge is -2.17. The van der Waals surface area contributed by atoms with Gasteiger partial charge in [0.05, 0.1) is 12.2 Å². The maximum atomic E-state index is 5.98. The molecule has 3 N–H and O–H groups in total. The van der Waals surface area contributed by atoms with Crippen LogP contribution in [-0.4, -0.2) is 29.1 Å². The van der Waals surface area contributed by atoms with E-state index in [9.17, 15) is 0 Å². The van der Waals surface area contributed by atoms with Crippen LogP contribution in [0.2, 0.25) is 0 Å². The van der Waals surface area contributed by atoms with Crippen molar-refractivity contribution in [3.63, 3.8) is 0 Å². The van der Waals surface area contributed by atoms with E-state index in [4.69, 9.17) is 15.1 Å². The lowest BCUT2D eigenvalue weighted by Crippen LogP contribution is -2.27. The molecule has 1 unspecified atom stereocenters. The summed E-state index contributed by atoms with van der Waals surface area (Å²) in [6.07, 6.45) is 1.02. The lowest BCUT2D eigenvalue weighted by atomic mass is 10.2. The van der Waals surface area contributed by atoms with Crippen LogP contribution < -0.4 is 16.0 Å². The molecule has 6 nitrogen and oxygen atoms in total. The van der Waals surface area contributed by atoms with Crippen molar-refractivity contribution in [2.45, 2.75) is 25.9 Å². The van der Waals surface area contributed by atoms with Gasteiger partial charge in [-0.1, -0.05) is 18.2 Å². The molecule has 0 spiro atoms. The number of benzene rings is 1. The van der Waals surface area contributed by atoms with Crippen molar-refractivity contribution in [1.82, 2.24) is 9.97 Å².